The minimum absolute atomic E-state index is 0.0404. The van der Waals surface area contributed by atoms with E-state index in [1.165, 1.54) is 12.1 Å². The van der Waals surface area contributed by atoms with Crippen LogP contribution < -0.4 is 18.9 Å². The third-order valence-electron chi connectivity index (χ3n) is 12.0. The molecule has 2 aliphatic heterocycles. The Bertz CT molecular complexity index is 5390. The van der Waals surface area contributed by atoms with Gasteiger partial charge in [0.1, 0.15) is 35.2 Å². The van der Waals surface area contributed by atoms with Crippen molar-refractivity contribution in [1.82, 2.24) is 4.90 Å². The van der Waals surface area contributed by atoms with Crippen molar-refractivity contribution >= 4 is 66.8 Å². The van der Waals surface area contributed by atoms with Gasteiger partial charge in [0.15, 0.2) is 11.5 Å². The van der Waals surface area contributed by atoms with E-state index < -0.39 is 23.8 Å². The van der Waals surface area contributed by atoms with E-state index in [0.29, 0.717) is 60.2 Å². The van der Waals surface area contributed by atoms with E-state index >= 15 is 4.79 Å². The van der Waals surface area contributed by atoms with Gasteiger partial charge >= 0.3 is 11.9 Å². The smallest absolute Gasteiger partial charge is 0.346 e. The Morgan fingerprint density at radius 3 is 1.24 bits per heavy atom. The fourth-order valence-electron chi connectivity index (χ4n) is 8.79. The molecule has 10 heteroatoms. The molecule has 0 radical (unpaired) electrons. The van der Waals surface area contributed by atoms with Gasteiger partial charge in [0.2, 0.25) is 0 Å². The van der Waals surface area contributed by atoms with Gasteiger partial charge in [-0.15, -0.1) is 12.8 Å². The van der Waals surface area contributed by atoms with Crippen LogP contribution in [0.2, 0.25) is 0 Å². The summed E-state index contributed by atoms with van der Waals surface area (Å²) in [5.41, 5.74) is 1.11. The Labute approximate surface area is 487 Å². The fraction of sp³-hybridized carbons (Fsp3) is 0.0133. The maximum absolute atomic E-state index is 15.2. The average molecular weight is 1080 g/mol. The molecule has 0 saturated carbocycles. The molecule has 0 N–H and O–H groups in total. The monoisotopic (exact) mass is 1080 g/mol. The van der Waals surface area contributed by atoms with Crippen molar-refractivity contribution in [2.45, 2.75) is 6.54 Å². The number of hydrogen-bond acceptors (Lipinski definition) is 9. The molecular weight excluding hydrogens is 1060 g/mol. The van der Waals surface area contributed by atoms with Crippen molar-refractivity contribution in [2.75, 3.05) is 0 Å². The Hall–Kier alpha value is -14.5. The molecular formula is C75H23NO9. The highest BCUT2D eigenvalue weighted by Gasteiger charge is 2.38. The highest BCUT2D eigenvalue weighted by atomic mass is 16.6. The van der Waals surface area contributed by atoms with Crippen LogP contribution in [0.1, 0.15) is 47.0 Å². The van der Waals surface area contributed by atoms with Gasteiger partial charge in [-0.25, -0.2) is 9.59 Å². The van der Waals surface area contributed by atoms with E-state index in [9.17, 15) is 14.4 Å². The van der Waals surface area contributed by atoms with E-state index in [4.69, 9.17) is 36.5 Å². The van der Waals surface area contributed by atoms with Crippen LogP contribution in [0.25, 0.3) is 43.1 Å². The molecule has 2 amide bonds. The van der Waals surface area contributed by atoms with E-state index in [1.807, 2.05) is 12.1 Å². The molecule has 0 saturated heterocycles. The van der Waals surface area contributed by atoms with E-state index in [0.717, 1.165) is 4.90 Å². The Kier molecular flexibility index (Phi) is 16.3. The first-order valence-corrected chi connectivity index (χ1v) is 24.6. The number of nitrogens with zero attached hydrogens (tertiary/aromatic N) is 1. The van der Waals surface area contributed by atoms with Crippen molar-refractivity contribution in [1.29, 1.82) is 0 Å². The summed E-state index contributed by atoms with van der Waals surface area (Å²) < 4.78 is 30.0. The molecule has 2 heterocycles. The topological polar surface area (TPSA) is 118 Å². The second kappa shape index (κ2) is 25.8. The quantitative estimate of drug-likeness (QED) is 0.0367. The summed E-state index contributed by atoms with van der Waals surface area (Å²) in [6.45, 7) is -0.250. The number of fused-ring (bicyclic) bond motifs is 2. The summed E-state index contributed by atoms with van der Waals surface area (Å²) >= 11 is 0. The van der Waals surface area contributed by atoms with Crippen molar-refractivity contribution in [3.8, 4) is 225 Å². The lowest BCUT2D eigenvalue weighted by molar-refractivity contribution is 0.0389. The lowest BCUT2D eigenvalue weighted by Crippen LogP contribution is -2.39. The number of imide groups is 1. The van der Waals surface area contributed by atoms with Gasteiger partial charge in [-0.3, -0.25) is 14.5 Å². The zero-order chi connectivity index (χ0) is 58.7. The Balaban J connectivity index is 1.01. The van der Waals surface area contributed by atoms with Crippen molar-refractivity contribution < 1.29 is 42.9 Å². The second-order valence-electron chi connectivity index (χ2n) is 16.8. The molecule has 0 aliphatic carbocycles. The highest BCUT2D eigenvalue weighted by Crippen LogP contribution is 2.52. The van der Waals surface area contributed by atoms with E-state index in [-0.39, 0.29) is 51.8 Å². The molecule has 0 spiro atoms. The summed E-state index contributed by atoms with van der Waals surface area (Å²) in [6.07, 6.45) is 15.0. The van der Waals surface area contributed by atoms with Crippen LogP contribution >= 0.6 is 0 Å². The maximum atomic E-state index is 15.2. The number of hydrogen-bond donors (Lipinski definition) is 0. The van der Waals surface area contributed by atoms with Gasteiger partial charge in [-0.05, 0) is 160 Å². The van der Waals surface area contributed by atoms with Crippen LogP contribution in [-0.2, 0) is 11.3 Å². The lowest BCUT2D eigenvalue weighted by Gasteiger charge is -2.30. The third-order valence-corrected chi connectivity index (χ3v) is 12.0. The molecule has 10 rings (SSSR count). The first kappa shape index (κ1) is 53.9. The summed E-state index contributed by atoms with van der Waals surface area (Å²) in [5.74, 6) is 67.7. The maximum Gasteiger partial charge on any atom is 0.346 e. The number of benzene rings is 8. The van der Waals surface area contributed by atoms with Crippen LogP contribution in [0.3, 0.4) is 0 Å². The van der Waals surface area contributed by atoms with Crippen molar-refractivity contribution in [3.05, 3.63) is 143 Å². The predicted molar refractivity (Wildman–Crippen MR) is 319 cm³/mol. The lowest BCUT2D eigenvalue weighted by atomic mass is 9.82. The molecule has 0 bridgehead atoms. The summed E-state index contributed by atoms with van der Waals surface area (Å²) in [6, 6.07) is 32.5. The molecule has 382 valence electrons. The molecule has 2 aliphatic rings. The highest BCUT2D eigenvalue weighted by molar-refractivity contribution is 6.42. The van der Waals surface area contributed by atoms with Crippen LogP contribution in [0.15, 0.2) is 115 Å². The number of carbonyl (C=O) groups is 4. The summed E-state index contributed by atoms with van der Waals surface area (Å²) in [4.78, 5) is 58.2. The van der Waals surface area contributed by atoms with Crippen LogP contribution in [0, 0.1) is 191 Å². The van der Waals surface area contributed by atoms with Gasteiger partial charge < -0.3 is 23.7 Å². The number of ether oxygens (including phenoxy) is 5. The zero-order valence-electron chi connectivity index (χ0n) is 43.5. The molecule has 8 aromatic rings. The minimum Gasteiger partial charge on any atom is -0.457 e. The minimum atomic E-state index is -0.838. The molecule has 0 aromatic heterocycles. The SMILES string of the molecule is C#CC#CC#CC#CC#CC#CC#CC#COc1ccc(CN2C(=O)c3ccc4c5c(Oc6ccccc6)cc6c7c(ccc(c8c(Oc9ccccc9)cc(c3c48)C2=O)c75)C(=O)OC6=O)cc1OC#CC#CC#CC#CC#CC#CC#CC#C. The van der Waals surface area contributed by atoms with Gasteiger partial charge in [-0.1, -0.05) is 54.6 Å². The van der Waals surface area contributed by atoms with Crippen LogP contribution in [0.5, 0.6) is 34.5 Å². The number of carbonyl (C=O) groups excluding carboxylic acids is 4. The Morgan fingerprint density at radius 2 is 0.753 bits per heavy atom. The number of esters is 2. The van der Waals surface area contributed by atoms with Gasteiger partial charge in [0, 0.05) is 121 Å². The largest absolute Gasteiger partial charge is 0.457 e. The fourth-order valence-corrected chi connectivity index (χ4v) is 8.79. The van der Waals surface area contributed by atoms with Crippen molar-refractivity contribution in [2.24, 2.45) is 0 Å². The number of amides is 2. The average Bonchev–Trinajstić information content (AvgIpc) is 0.791. The van der Waals surface area contributed by atoms with Crippen molar-refractivity contribution in [3.63, 3.8) is 0 Å². The molecule has 85 heavy (non-hydrogen) atoms. The third kappa shape index (κ3) is 12.0. The zero-order valence-corrected chi connectivity index (χ0v) is 43.5. The Morgan fingerprint density at radius 1 is 0.353 bits per heavy atom. The van der Waals surface area contributed by atoms with E-state index in [2.05, 4.69) is 178 Å². The van der Waals surface area contributed by atoms with Gasteiger partial charge in [-0.2, -0.15) is 0 Å². The van der Waals surface area contributed by atoms with Gasteiger partial charge in [0.25, 0.3) is 11.8 Å². The first-order valence-electron chi connectivity index (χ1n) is 24.6. The standard InChI is InChI=1S/C75H23NO9/c1-3-5-7-9-11-13-15-17-19-21-23-25-27-35-47-81-62-46-41-53(49-63(62)82-48-36-28-26-24-22-20-18-16-14-12-10-8-6-4-2)52-76-72(77)58-44-42-56-69-65(84-55-39-33-30-34-40-55)51-61-67-59(74(79)85-75(61)80)45-43-57(71(67)69)68-64(83-54-37-31-29-32-38-54)50-60(73(76)78)66(58)70(56)68/h1-2,29-34,37-46,49-51H,52H2. The summed E-state index contributed by atoms with van der Waals surface area (Å²) in [5, 5.41) is 3.92. The number of terminal acetylenes is 2. The van der Waals surface area contributed by atoms with Crippen LogP contribution in [-0.4, -0.2) is 28.7 Å². The molecule has 8 aromatic carbocycles. The number of para-hydroxylation sites is 2. The number of cyclic esters (lactones) is 2. The van der Waals surface area contributed by atoms with E-state index in [1.54, 1.807) is 91.0 Å². The normalized spacial score (nSPS) is 10.2. The molecule has 10 nitrogen and oxygen atoms in total. The molecule has 0 unspecified atom stereocenters. The first-order chi connectivity index (χ1) is 41.8. The summed E-state index contributed by atoms with van der Waals surface area (Å²) in [7, 11) is 0. The predicted octanol–water partition coefficient (Wildman–Crippen LogP) is 9.42. The molecule has 0 fully saturated rings. The second-order valence-corrected chi connectivity index (χ2v) is 16.8. The molecule has 0 atom stereocenters. The van der Waals surface area contributed by atoms with Gasteiger partial charge in [0.05, 0.1) is 23.2 Å². The van der Waals surface area contributed by atoms with Crippen LogP contribution in [0.4, 0.5) is 0 Å². The number of rotatable bonds is 8.